The first-order chi connectivity index (χ1) is 8.49. The van der Waals surface area contributed by atoms with Gasteiger partial charge in [-0.05, 0) is 6.92 Å². The van der Waals surface area contributed by atoms with Crippen molar-refractivity contribution in [2.24, 2.45) is 0 Å². The van der Waals surface area contributed by atoms with E-state index in [4.69, 9.17) is 14.6 Å². The summed E-state index contributed by atoms with van der Waals surface area (Å²) in [4.78, 5) is 24.2. The lowest BCUT2D eigenvalue weighted by atomic mass is 10.2. The molecule has 0 amide bonds. The van der Waals surface area contributed by atoms with Crippen LogP contribution in [0.1, 0.15) is 19.6 Å². The minimum absolute atomic E-state index is 0.211. The van der Waals surface area contributed by atoms with Crippen LogP contribution >= 0.6 is 0 Å². The first-order valence-corrected chi connectivity index (χ1v) is 5.25. The Bertz CT molecular complexity index is 498. The van der Waals surface area contributed by atoms with Crippen molar-refractivity contribution in [3.05, 3.63) is 32.9 Å². The molecular formula is C10H15FN2O5. The van der Waals surface area contributed by atoms with Crippen molar-refractivity contribution in [1.29, 1.82) is 0 Å². The molecule has 0 aliphatic heterocycles. The van der Waals surface area contributed by atoms with Gasteiger partial charge >= 0.3 is 5.69 Å². The van der Waals surface area contributed by atoms with Gasteiger partial charge in [0, 0.05) is 13.5 Å². The maximum Gasteiger partial charge on any atom is 0.330 e. The van der Waals surface area contributed by atoms with Crippen LogP contribution in [0, 0.1) is 5.82 Å². The van der Waals surface area contributed by atoms with E-state index in [0.29, 0.717) is 0 Å². The zero-order chi connectivity index (χ0) is 13.7. The molecule has 0 fully saturated rings. The summed E-state index contributed by atoms with van der Waals surface area (Å²) in [5, 5.41) is 8.75. The molecular weight excluding hydrogens is 247 g/mol. The summed E-state index contributed by atoms with van der Waals surface area (Å²) < 4.78 is 23.9. The van der Waals surface area contributed by atoms with Crippen molar-refractivity contribution in [3.8, 4) is 0 Å². The van der Waals surface area contributed by atoms with Crippen molar-refractivity contribution in [3.63, 3.8) is 0 Å². The van der Waals surface area contributed by atoms with Gasteiger partial charge in [0.05, 0.1) is 12.3 Å². The predicted molar refractivity (Wildman–Crippen MR) is 59.6 cm³/mol. The average molecular weight is 262 g/mol. The van der Waals surface area contributed by atoms with Crippen LogP contribution in [0.2, 0.25) is 0 Å². The van der Waals surface area contributed by atoms with E-state index in [1.165, 1.54) is 7.11 Å². The maximum atomic E-state index is 13.1. The second kappa shape index (κ2) is 6.43. The van der Waals surface area contributed by atoms with Gasteiger partial charge in [0.25, 0.3) is 5.56 Å². The summed E-state index contributed by atoms with van der Waals surface area (Å²) in [5.74, 6) is -1.11. The highest BCUT2D eigenvalue weighted by Crippen LogP contribution is 2.14. The zero-order valence-corrected chi connectivity index (χ0v) is 10.1. The number of nitrogens with zero attached hydrogens (tertiary/aromatic N) is 1. The van der Waals surface area contributed by atoms with Crippen LogP contribution in [-0.2, 0) is 9.47 Å². The van der Waals surface area contributed by atoms with Gasteiger partial charge in [0.1, 0.15) is 13.0 Å². The van der Waals surface area contributed by atoms with E-state index in [9.17, 15) is 14.0 Å². The Morgan fingerprint density at radius 2 is 2.22 bits per heavy atom. The lowest BCUT2D eigenvalue weighted by Crippen LogP contribution is -2.36. The second-order valence-corrected chi connectivity index (χ2v) is 3.68. The third-order valence-corrected chi connectivity index (χ3v) is 2.44. The Kier molecular flexibility index (Phi) is 5.20. The smallest absolute Gasteiger partial charge is 0.330 e. The van der Waals surface area contributed by atoms with Gasteiger partial charge in [-0.25, -0.2) is 4.79 Å². The molecule has 1 rings (SSSR count). The molecule has 0 bridgehead atoms. The number of aliphatic hydroxyl groups excluding tert-OH is 1. The Morgan fingerprint density at radius 3 is 2.78 bits per heavy atom. The van der Waals surface area contributed by atoms with Gasteiger partial charge in [0.15, 0.2) is 0 Å². The third-order valence-electron chi connectivity index (χ3n) is 2.44. The van der Waals surface area contributed by atoms with Crippen LogP contribution in [0.3, 0.4) is 0 Å². The molecule has 0 aliphatic rings. The molecule has 0 aromatic carbocycles. The van der Waals surface area contributed by atoms with Gasteiger partial charge in [-0.3, -0.25) is 14.3 Å². The molecule has 1 aromatic rings. The largest absolute Gasteiger partial charge is 0.382 e. The summed E-state index contributed by atoms with van der Waals surface area (Å²) in [6.45, 7) is 1.08. The summed E-state index contributed by atoms with van der Waals surface area (Å²) in [6, 6.07) is 0. The first-order valence-electron chi connectivity index (χ1n) is 5.25. The number of halogens is 1. The molecule has 0 radical (unpaired) electrons. The van der Waals surface area contributed by atoms with Gasteiger partial charge in [-0.15, -0.1) is 0 Å². The molecule has 7 nitrogen and oxygen atoms in total. The van der Waals surface area contributed by atoms with Gasteiger partial charge < -0.3 is 14.6 Å². The van der Waals surface area contributed by atoms with Crippen molar-refractivity contribution in [1.82, 2.24) is 9.55 Å². The van der Waals surface area contributed by atoms with Crippen LogP contribution < -0.4 is 11.2 Å². The summed E-state index contributed by atoms with van der Waals surface area (Å²) >= 11 is 0. The van der Waals surface area contributed by atoms with E-state index in [-0.39, 0.29) is 12.5 Å². The highest BCUT2D eigenvalue weighted by molar-refractivity contribution is 4.88. The number of ether oxygens (including phenoxy) is 2. The van der Waals surface area contributed by atoms with E-state index >= 15 is 0 Å². The number of H-pyrrole nitrogens is 1. The van der Waals surface area contributed by atoms with Crippen LogP contribution in [0.15, 0.2) is 15.8 Å². The fourth-order valence-corrected chi connectivity index (χ4v) is 1.40. The number of hydrogen-bond acceptors (Lipinski definition) is 5. The molecule has 18 heavy (non-hydrogen) atoms. The normalized spacial score (nSPS) is 14.4. The first kappa shape index (κ1) is 14.6. The van der Waals surface area contributed by atoms with Gasteiger partial charge in [-0.2, -0.15) is 4.39 Å². The summed E-state index contributed by atoms with van der Waals surface area (Å²) in [7, 11) is 1.47. The number of methoxy groups -OCH3 is 1. The van der Waals surface area contributed by atoms with E-state index in [1.54, 1.807) is 6.92 Å². The summed E-state index contributed by atoms with van der Waals surface area (Å²) in [5.41, 5.74) is -1.91. The Morgan fingerprint density at radius 1 is 1.56 bits per heavy atom. The Labute approximate surface area is 102 Å². The van der Waals surface area contributed by atoms with Crippen molar-refractivity contribution in [2.75, 3.05) is 13.9 Å². The van der Waals surface area contributed by atoms with Crippen LogP contribution in [0.5, 0.6) is 0 Å². The lowest BCUT2D eigenvalue weighted by molar-refractivity contribution is -0.103. The standard InChI is InChI=1S/C10H15FN2O5/c1-6(17-2)3-8(18-5-14)13-4-7(11)9(15)12-10(13)16/h4,6,8,14H,3,5H2,1-2H3,(H,12,15,16). The minimum atomic E-state index is -1.11. The Hall–Kier alpha value is -1.51. The molecule has 2 N–H and O–H groups in total. The number of rotatable bonds is 6. The fraction of sp³-hybridized carbons (Fsp3) is 0.600. The number of aromatic nitrogens is 2. The van der Waals surface area contributed by atoms with E-state index in [2.05, 4.69) is 0 Å². The molecule has 0 aliphatic carbocycles. The average Bonchev–Trinajstić information content (AvgIpc) is 2.33. The fourth-order valence-electron chi connectivity index (χ4n) is 1.40. The zero-order valence-electron chi connectivity index (χ0n) is 10.1. The number of aromatic amines is 1. The van der Waals surface area contributed by atoms with E-state index < -0.39 is 30.1 Å². The van der Waals surface area contributed by atoms with E-state index in [0.717, 1.165) is 10.8 Å². The molecule has 0 saturated heterocycles. The molecule has 0 saturated carbocycles. The second-order valence-electron chi connectivity index (χ2n) is 3.68. The molecule has 0 spiro atoms. The molecule has 2 atom stereocenters. The molecule has 1 heterocycles. The van der Waals surface area contributed by atoms with Gasteiger partial charge in [-0.1, -0.05) is 0 Å². The molecule has 1 aromatic heterocycles. The molecule has 102 valence electrons. The minimum Gasteiger partial charge on any atom is -0.382 e. The SMILES string of the molecule is COC(C)CC(OCO)n1cc(F)c(=O)[nH]c1=O. The Balaban J connectivity index is 3.09. The quantitative estimate of drug-likeness (QED) is 0.678. The predicted octanol–water partition coefficient (Wildman–Crippen LogP) is -0.434. The third kappa shape index (κ3) is 3.49. The van der Waals surface area contributed by atoms with Crippen molar-refractivity contribution >= 4 is 0 Å². The van der Waals surface area contributed by atoms with Crippen molar-refractivity contribution in [2.45, 2.75) is 25.7 Å². The van der Waals surface area contributed by atoms with Crippen LogP contribution in [0.25, 0.3) is 0 Å². The molecule has 2 unspecified atom stereocenters. The number of hydrogen-bond donors (Lipinski definition) is 2. The maximum absolute atomic E-state index is 13.1. The summed E-state index contributed by atoms with van der Waals surface area (Å²) in [6.07, 6.45) is -0.251. The topological polar surface area (TPSA) is 93.5 Å². The van der Waals surface area contributed by atoms with Crippen LogP contribution in [-0.4, -0.2) is 34.7 Å². The van der Waals surface area contributed by atoms with Crippen LogP contribution in [0.4, 0.5) is 4.39 Å². The van der Waals surface area contributed by atoms with Gasteiger partial charge in [0.2, 0.25) is 5.82 Å². The molecule has 8 heteroatoms. The monoisotopic (exact) mass is 262 g/mol. The number of nitrogens with one attached hydrogen (secondary N) is 1. The number of aliphatic hydroxyl groups is 1. The highest BCUT2D eigenvalue weighted by Gasteiger charge is 2.18. The highest BCUT2D eigenvalue weighted by atomic mass is 19.1. The lowest BCUT2D eigenvalue weighted by Gasteiger charge is -2.21. The van der Waals surface area contributed by atoms with Crippen molar-refractivity contribution < 1.29 is 19.0 Å². The van der Waals surface area contributed by atoms with E-state index in [1.807, 2.05) is 4.98 Å².